The Balaban J connectivity index is 1.99. The van der Waals surface area contributed by atoms with Crippen molar-refractivity contribution in [3.8, 4) is 16.9 Å². The van der Waals surface area contributed by atoms with E-state index in [1.54, 1.807) is 0 Å². The predicted octanol–water partition coefficient (Wildman–Crippen LogP) is 5.16. The van der Waals surface area contributed by atoms with Gasteiger partial charge in [-0.3, -0.25) is 0 Å². The molecule has 0 atom stereocenters. The summed E-state index contributed by atoms with van der Waals surface area (Å²) >= 11 is 6.14. The van der Waals surface area contributed by atoms with Gasteiger partial charge in [0.25, 0.3) is 0 Å². The van der Waals surface area contributed by atoms with Gasteiger partial charge in [0.15, 0.2) is 0 Å². The van der Waals surface area contributed by atoms with E-state index in [0.717, 1.165) is 34.9 Å². The lowest BCUT2D eigenvalue weighted by molar-refractivity contribution is 0.299. The molecule has 0 aromatic heterocycles. The molecule has 0 aliphatic carbocycles. The van der Waals surface area contributed by atoms with E-state index >= 15 is 0 Å². The van der Waals surface area contributed by atoms with Crippen molar-refractivity contribution in [3.63, 3.8) is 0 Å². The Hall–Kier alpha value is -1.51. The molecule has 0 fully saturated rings. The second kappa shape index (κ2) is 7.66. The van der Waals surface area contributed by atoms with Gasteiger partial charge in [-0.15, -0.1) is 0 Å². The maximum atomic E-state index is 6.14. The van der Waals surface area contributed by atoms with Crippen molar-refractivity contribution in [2.45, 2.75) is 32.7 Å². The molecule has 0 bridgehead atoms. The van der Waals surface area contributed by atoms with Gasteiger partial charge in [-0.2, -0.15) is 0 Å². The van der Waals surface area contributed by atoms with Crippen molar-refractivity contribution in [1.29, 1.82) is 0 Å². The number of ether oxygens (including phenoxy) is 1. The molecule has 3 heteroatoms. The van der Waals surface area contributed by atoms with Crippen LogP contribution in [0.1, 0.15) is 27.2 Å². The third kappa shape index (κ3) is 5.36. The lowest BCUT2D eigenvalue weighted by Gasteiger charge is -2.20. The number of halogens is 1. The minimum Gasteiger partial charge on any atom is -0.493 e. The van der Waals surface area contributed by atoms with E-state index in [0.29, 0.717) is 6.61 Å². The lowest BCUT2D eigenvalue weighted by Crippen LogP contribution is -2.36. The Morgan fingerprint density at radius 1 is 1.05 bits per heavy atom. The molecule has 22 heavy (non-hydrogen) atoms. The summed E-state index contributed by atoms with van der Waals surface area (Å²) in [5.74, 6) is 0.881. The van der Waals surface area contributed by atoms with E-state index in [2.05, 4.69) is 38.2 Å². The number of hydrogen-bond donors (Lipinski definition) is 1. The van der Waals surface area contributed by atoms with Gasteiger partial charge in [-0.25, -0.2) is 0 Å². The lowest BCUT2D eigenvalue weighted by atomic mass is 10.0. The van der Waals surface area contributed by atoms with Crippen molar-refractivity contribution in [2.75, 3.05) is 13.2 Å². The third-order valence-electron chi connectivity index (χ3n) is 3.26. The molecule has 118 valence electrons. The molecular weight excluding hydrogens is 294 g/mol. The first-order chi connectivity index (χ1) is 10.5. The fourth-order valence-electron chi connectivity index (χ4n) is 2.19. The van der Waals surface area contributed by atoms with Gasteiger partial charge < -0.3 is 10.1 Å². The second-order valence-corrected chi connectivity index (χ2v) is 6.82. The van der Waals surface area contributed by atoms with Gasteiger partial charge in [0.1, 0.15) is 5.75 Å². The average molecular weight is 318 g/mol. The van der Waals surface area contributed by atoms with Crippen LogP contribution in [0.25, 0.3) is 11.1 Å². The Labute approximate surface area is 138 Å². The zero-order chi connectivity index (χ0) is 16.0. The Bertz CT molecular complexity index is 590. The van der Waals surface area contributed by atoms with Crippen LogP contribution < -0.4 is 10.1 Å². The fraction of sp³-hybridized carbons (Fsp3) is 0.368. The Morgan fingerprint density at radius 2 is 1.77 bits per heavy atom. The van der Waals surface area contributed by atoms with Crippen molar-refractivity contribution in [2.24, 2.45) is 0 Å². The summed E-state index contributed by atoms with van der Waals surface area (Å²) in [7, 11) is 0. The van der Waals surface area contributed by atoms with E-state index in [4.69, 9.17) is 16.3 Å². The highest BCUT2D eigenvalue weighted by atomic mass is 35.5. The molecule has 2 aromatic rings. The maximum absolute atomic E-state index is 6.14. The van der Waals surface area contributed by atoms with Gasteiger partial charge in [-0.1, -0.05) is 41.9 Å². The highest BCUT2D eigenvalue weighted by Crippen LogP contribution is 2.32. The summed E-state index contributed by atoms with van der Waals surface area (Å²) in [5.41, 5.74) is 2.31. The van der Waals surface area contributed by atoms with Crippen LogP contribution >= 0.6 is 11.6 Å². The van der Waals surface area contributed by atoms with Gasteiger partial charge in [0.2, 0.25) is 0 Å². The number of rotatable bonds is 6. The van der Waals surface area contributed by atoms with Crippen molar-refractivity contribution >= 4 is 11.6 Å². The third-order valence-corrected chi connectivity index (χ3v) is 3.50. The molecule has 0 amide bonds. The molecule has 0 radical (unpaired) electrons. The quantitative estimate of drug-likeness (QED) is 0.743. The van der Waals surface area contributed by atoms with Crippen molar-refractivity contribution in [1.82, 2.24) is 5.32 Å². The van der Waals surface area contributed by atoms with E-state index in [9.17, 15) is 0 Å². The number of benzene rings is 2. The fourth-order valence-corrected chi connectivity index (χ4v) is 2.36. The smallest absolute Gasteiger partial charge is 0.127 e. The standard InChI is InChI=1S/C19H24ClNO/c1-19(2,3)21-12-7-13-22-18-11-10-16(20)14-17(18)15-8-5-4-6-9-15/h4-6,8-11,14,21H,7,12-13H2,1-3H3. The van der Waals surface area contributed by atoms with Crippen molar-refractivity contribution < 1.29 is 4.74 Å². The molecular formula is C19H24ClNO. The van der Waals surface area contributed by atoms with Crippen LogP contribution in [-0.4, -0.2) is 18.7 Å². The summed E-state index contributed by atoms with van der Waals surface area (Å²) in [6.45, 7) is 8.13. The van der Waals surface area contributed by atoms with Gasteiger partial charge in [0.05, 0.1) is 6.61 Å². The first kappa shape index (κ1) is 16.9. The number of nitrogens with one attached hydrogen (secondary N) is 1. The normalized spacial score (nSPS) is 11.5. The Morgan fingerprint density at radius 3 is 2.45 bits per heavy atom. The molecule has 2 aromatic carbocycles. The van der Waals surface area contributed by atoms with Gasteiger partial charge in [-0.05, 0) is 57.5 Å². The van der Waals surface area contributed by atoms with Crippen LogP contribution in [-0.2, 0) is 0 Å². The van der Waals surface area contributed by atoms with Gasteiger partial charge in [0, 0.05) is 16.1 Å². The van der Waals surface area contributed by atoms with Crippen LogP contribution in [0.2, 0.25) is 5.02 Å². The topological polar surface area (TPSA) is 21.3 Å². The van der Waals surface area contributed by atoms with Crippen LogP contribution in [0.4, 0.5) is 0 Å². The summed E-state index contributed by atoms with van der Waals surface area (Å²) < 4.78 is 5.96. The van der Waals surface area contributed by atoms with E-state index in [1.807, 2.05) is 36.4 Å². The summed E-state index contributed by atoms with van der Waals surface area (Å²) in [6.07, 6.45) is 0.966. The average Bonchev–Trinajstić information content (AvgIpc) is 2.48. The highest BCUT2D eigenvalue weighted by Gasteiger charge is 2.09. The van der Waals surface area contributed by atoms with E-state index in [1.165, 1.54) is 0 Å². The Kier molecular flexibility index (Phi) is 5.87. The minimum absolute atomic E-state index is 0.148. The van der Waals surface area contributed by atoms with E-state index < -0.39 is 0 Å². The zero-order valence-corrected chi connectivity index (χ0v) is 14.3. The van der Waals surface area contributed by atoms with E-state index in [-0.39, 0.29) is 5.54 Å². The SMILES string of the molecule is CC(C)(C)NCCCOc1ccc(Cl)cc1-c1ccccc1. The van der Waals surface area contributed by atoms with Gasteiger partial charge >= 0.3 is 0 Å². The number of hydrogen-bond acceptors (Lipinski definition) is 2. The molecule has 0 spiro atoms. The molecule has 0 saturated heterocycles. The molecule has 2 rings (SSSR count). The van der Waals surface area contributed by atoms with Crippen LogP contribution in [0.5, 0.6) is 5.75 Å². The van der Waals surface area contributed by atoms with Crippen molar-refractivity contribution in [3.05, 3.63) is 53.6 Å². The summed E-state index contributed by atoms with van der Waals surface area (Å²) in [6, 6.07) is 16.0. The molecule has 1 N–H and O–H groups in total. The van der Waals surface area contributed by atoms with Crippen LogP contribution in [0, 0.1) is 0 Å². The molecule has 0 saturated carbocycles. The first-order valence-electron chi connectivity index (χ1n) is 7.68. The first-order valence-corrected chi connectivity index (χ1v) is 8.06. The molecule has 0 aliphatic rings. The van der Waals surface area contributed by atoms with Crippen LogP contribution in [0.15, 0.2) is 48.5 Å². The van der Waals surface area contributed by atoms with Crippen LogP contribution in [0.3, 0.4) is 0 Å². The maximum Gasteiger partial charge on any atom is 0.127 e. The second-order valence-electron chi connectivity index (χ2n) is 6.39. The molecule has 0 unspecified atom stereocenters. The summed E-state index contributed by atoms with van der Waals surface area (Å²) in [5, 5.41) is 4.19. The highest BCUT2D eigenvalue weighted by molar-refractivity contribution is 6.31. The molecule has 2 nitrogen and oxygen atoms in total. The minimum atomic E-state index is 0.148. The largest absolute Gasteiger partial charge is 0.493 e. The molecule has 0 aliphatic heterocycles. The monoisotopic (exact) mass is 317 g/mol. The zero-order valence-electron chi connectivity index (χ0n) is 13.5. The summed E-state index contributed by atoms with van der Waals surface area (Å²) in [4.78, 5) is 0. The predicted molar refractivity (Wildman–Crippen MR) is 94.8 cm³/mol. The molecule has 0 heterocycles.